The lowest BCUT2D eigenvalue weighted by Crippen LogP contribution is -2.14. The largest absolute Gasteiger partial charge is 0.0622 e. The van der Waals surface area contributed by atoms with Crippen molar-refractivity contribution in [1.82, 2.24) is 0 Å². The van der Waals surface area contributed by atoms with E-state index >= 15 is 0 Å². The van der Waals surface area contributed by atoms with Gasteiger partial charge in [-0.05, 0) is 157 Å². The summed E-state index contributed by atoms with van der Waals surface area (Å²) in [4.78, 5) is 0. The summed E-state index contributed by atoms with van der Waals surface area (Å²) in [6.45, 7) is 4.79. The van der Waals surface area contributed by atoms with E-state index in [-0.39, 0.29) is 5.41 Å². The van der Waals surface area contributed by atoms with E-state index in [1.54, 1.807) is 0 Å². The van der Waals surface area contributed by atoms with Crippen molar-refractivity contribution in [3.8, 4) is 44.5 Å². The second-order valence-electron chi connectivity index (χ2n) is 16.4. The molecule has 0 aromatic heterocycles. The molecule has 0 amide bonds. The molecule has 1 aliphatic rings. The van der Waals surface area contributed by atoms with E-state index in [2.05, 4.69) is 208 Å². The number of hydrogen-bond acceptors (Lipinski definition) is 0. The average molecular weight is 723 g/mol. The van der Waals surface area contributed by atoms with E-state index in [0.29, 0.717) is 0 Å². The van der Waals surface area contributed by atoms with Crippen LogP contribution in [0.4, 0.5) is 0 Å². The lowest BCUT2D eigenvalue weighted by atomic mass is 9.81. The molecule has 0 unspecified atom stereocenters. The lowest BCUT2D eigenvalue weighted by molar-refractivity contribution is 0.661. The Bertz CT molecular complexity index is 3470. The molecule has 0 radical (unpaired) electrons. The van der Waals surface area contributed by atoms with Gasteiger partial charge in [-0.15, -0.1) is 0 Å². The van der Waals surface area contributed by atoms with E-state index in [1.165, 1.54) is 120 Å². The fourth-order valence-electron chi connectivity index (χ4n) is 10.2. The summed E-state index contributed by atoms with van der Waals surface area (Å²) in [7, 11) is 0. The van der Waals surface area contributed by atoms with Crippen molar-refractivity contribution in [2.45, 2.75) is 19.3 Å². The Balaban J connectivity index is 1.04. The molecular weight excluding hydrogens is 685 g/mol. The standard InChI is InChI=1S/C57H38/c1-57(2)55-28-27-37(30-53(55)54-33-51-43-23-10-6-19-39(43)40-20-7-11-24-44(40)52(51)34-56(54)57)36-17-14-18-38(29-36)48-32-50-45-25-12-8-21-41(45)47(35-15-4-3-5-16-35)31-49(50)46-26-13-9-22-42(46)48/h3-34H,1-2H3. The molecule has 57 heavy (non-hydrogen) atoms. The highest BCUT2D eigenvalue weighted by molar-refractivity contribution is 6.27. The second-order valence-corrected chi connectivity index (χ2v) is 16.4. The third-order valence-electron chi connectivity index (χ3n) is 13.0. The van der Waals surface area contributed by atoms with Gasteiger partial charge in [0.05, 0.1) is 0 Å². The Kier molecular flexibility index (Phi) is 6.78. The molecule has 0 atom stereocenters. The van der Waals surface area contributed by atoms with Crippen LogP contribution in [0.25, 0.3) is 109 Å². The molecule has 0 nitrogen and oxygen atoms in total. The molecule has 0 fully saturated rings. The van der Waals surface area contributed by atoms with Gasteiger partial charge in [0.15, 0.2) is 0 Å². The van der Waals surface area contributed by atoms with Crippen molar-refractivity contribution >= 4 is 64.6 Å². The fourth-order valence-corrected chi connectivity index (χ4v) is 10.2. The summed E-state index contributed by atoms with van der Waals surface area (Å²) < 4.78 is 0. The number of benzene rings is 11. The van der Waals surface area contributed by atoms with Crippen molar-refractivity contribution in [1.29, 1.82) is 0 Å². The summed E-state index contributed by atoms with van der Waals surface area (Å²) in [6.07, 6.45) is 0. The maximum absolute atomic E-state index is 2.50. The zero-order chi connectivity index (χ0) is 37.8. The molecule has 0 saturated heterocycles. The Hall–Kier alpha value is -7.02. The quantitative estimate of drug-likeness (QED) is 0.159. The van der Waals surface area contributed by atoms with Gasteiger partial charge < -0.3 is 0 Å². The van der Waals surface area contributed by atoms with Gasteiger partial charge in [-0.25, -0.2) is 0 Å². The molecule has 0 N–H and O–H groups in total. The van der Waals surface area contributed by atoms with E-state index in [0.717, 1.165) is 0 Å². The van der Waals surface area contributed by atoms with Crippen LogP contribution in [0.1, 0.15) is 25.0 Å². The highest BCUT2D eigenvalue weighted by Crippen LogP contribution is 2.52. The third-order valence-corrected chi connectivity index (χ3v) is 13.0. The predicted octanol–water partition coefficient (Wildman–Crippen LogP) is 15.9. The molecule has 266 valence electrons. The Labute approximate surface area is 332 Å². The predicted molar refractivity (Wildman–Crippen MR) is 245 cm³/mol. The van der Waals surface area contributed by atoms with Gasteiger partial charge in [-0.1, -0.05) is 172 Å². The monoisotopic (exact) mass is 722 g/mol. The topological polar surface area (TPSA) is 0 Å². The van der Waals surface area contributed by atoms with Crippen molar-refractivity contribution < 1.29 is 0 Å². The van der Waals surface area contributed by atoms with Crippen LogP contribution in [0, 0.1) is 0 Å². The smallest absolute Gasteiger partial charge is 0.0159 e. The molecule has 0 bridgehead atoms. The molecule has 11 aromatic carbocycles. The molecule has 11 aromatic rings. The first kappa shape index (κ1) is 32.2. The first-order valence-electron chi connectivity index (χ1n) is 20.1. The van der Waals surface area contributed by atoms with Gasteiger partial charge in [-0.2, -0.15) is 0 Å². The lowest BCUT2D eigenvalue weighted by Gasteiger charge is -2.22. The second kappa shape index (κ2) is 12.0. The maximum atomic E-state index is 2.50. The Morgan fingerprint density at radius 3 is 1.19 bits per heavy atom. The van der Waals surface area contributed by atoms with E-state index in [1.807, 2.05) is 0 Å². The van der Waals surface area contributed by atoms with Gasteiger partial charge in [0.1, 0.15) is 0 Å². The van der Waals surface area contributed by atoms with Crippen molar-refractivity contribution in [2.75, 3.05) is 0 Å². The number of rotatable bonds is 3. The van der Waals surface area contributed by atoms with Gasteiger partial charge in [0, 0.05) is 5.41 Å². The van der Waals surface area contributed by atoms with Crippen molar-refractivity contribution in [3.05, 3.63) is 205 Å². The first-order chi connectivity index (χ1) is 28.0. The number of fused-ring (bicyclic) bond motifs is 14. The summed E-state index contributed by atoms with van der Waals surface area (Å²) in [5.74, 6) is 0. The normalized spacial score (nSPS) is 13.2. The first-order valence-corrected chi connectivity index (χ1v) is 20.1. The van der Waals surface area contributed by atoms with Gasteiger partial charge >= 0.3 is 0 Å². The third kappa shape index (κ3) is 4.68. The minimum Gasteiger partial charge on any atom is -0.0622 e. The SMILES string of the molecule is CC1(C)c2ccc(-c3cccc(-c4cc5c6ccccc6c(-c6ccccc6)cc5c5ccccc45)c3)cc2-c2cc3c4ccccc4c4ccccc4c3cc21. The highest BCUT2D eigenvalue weighted by Gasteiger charge is 2.36. The van der Waals surface area contributed by atoms with Crippen LogP contribution >= 0.6 is 0 Å². The zero-order valence-corrected chi connectivity index (χ0v) is 32.0. The van der Waals surface area contributed by atoms with Crippen LogP contribution in [-0.4, -0.2) is 0 Å². The van der Waals surface area contributed by atoms with Gasteiger partial charge in [0.2, 0.25) is 0 Å². The van der Waals surface area contributed by atoms with Gasteiger partial charge in [-0.3, -0.25) is 0 Å². The van der Waals surface area contributed by atoms with Crippen LogP contribution in [0.15, 0.2) is 194 Å². The summed E-state index contributed by atoms with van der Waals surface area (Å²) in [5.41, 5.74) is 12.9. The molecule has 0 saturated carbocycles. The molecule has 1 aliphatic carbocycles. The molecule has 0 spiro atoms. The highest BCUT2D eigenvalue weighted by atomic mass is 14.4. The van der Waals surface area contributed by atoms with Crippen LogP contribution in [-0.2, 0) is 5.41 Å². The molecular formula is C57H38. The summed E-state index contributed by atoms with van der Waals surface area (Å²) in [5, 5.41) is 15.6. The molecule has 0 heterocycles. The average Bonchev–Trinajstić information content (AvgIpc) is 3.50. The fraction of sp³-hybridized carbons (Fsp3) is 0.0526. The van der Waals surface area contributed by atoms with Crippen LogP contribution in [0.5, 0.6) is 0 Å². The van der Waals surface area contributed by atoms with Crippen LogP contribution < -0.4 is 0 Å². The van der Waals surface area contributed by atoms with E-state index in [4.69, 9.17) is 0 Å². The van der Waals surface area contributed by atoms with Crippen LogP contribution in [0.3, 0.4) is 0 Å². The number of hydrogen-bond donors (Lipinski definition) is 0. The summed E-state index contributed by atoms with van der Waals surface area (Å²) in [6, 6.07) is 72.7. The van der Waals surface area contributed by atoms with Crippen molar-refractivity contribution in [2.24, 2.45) is 0 Å². The molecule has 0 heteroatoms. The Morgan fingerprint density at radius 1 is 0.228 bits per heavy atom. The zero-order valence-electron chi connectivity index (χ0n) is 32.0. The summed E-state index contributed by atoms with van der Waals surface area (Å²) >= 11 is 0. The van der Waals surface area contributed by atoms with Crippen LogP contribution in [0.2, 0.25) is 0 Å². The van der Waals surface area contributed by atoms with Gasteiger partial charge in [0.25, 0.3) is 0 Å². The van der Waals surface area contributed by atoms with Crippen molar-refractivity contribution in [3.63, 3.8) is 0 Å². The Morgan fingerprint density at radius 2 is 0.614 bits per heavy atom. The molecule has 12 rings (SSSR count). The molecule has 0 aliphatic heterocycles. The minimum absolute atomic E-state index is 0.112. The van der Waals surface area contributed by atoms with E-state index < -0.39 is 0 Å². The van der Waals surface area contributed by atoms with E-state index in [9.17, 15) is 0 Å². The maximum Gasteiger partial charge on any atom is 0.0159 e. The minimum atomic E-state index is -0.112.